The van der Waals surface area contributed by atoms with Crippen LogP contribution < -0.4 is 33.2 Å². The predicted octanol–water partition coefficient (Wildman–Crippen LogP) is -5.24. The first kappa shape index (κ1) is 28.7. The minimum atomic E-state index is -1.67. The zero-order chi connectivity index (χ0) is 25.2. The standard InChI is InChI=1S/C17H30N6O9/c1-6(24)12(20)15(29)23-13(7(2)25)16(30)22-9(5-11(19)27)14(28)21-8(17(31)32)3-4-10(18)26/h6-9,12-13,24-25H,3-5,20H2,1-2H3,(H2,18,26)(H2,19,27)(H,21,28)(H,22,30)(H,23,29)(H,31,32). The summed E-state index contributed by atoms with van der Waals surface area (Å²) in [6.07, 6.45) is -4.21. The minimum Gasteiger partial charge on any atom is -0.480 e. The van der Waals surface area contributed by atoms with E-state index in [1.807, 2.05) is 0 Å². The molecule has 12 N–H and O–H groups in total. The molecule has 0 bridgehead atoms. The van der Waals surface area contributed by atoms with E-state index in [1.54, 1.807) is 0 Å². The van der Waals surface area contributed by atoms with Crippen LogP contribution in [-0.4, -0.2) is 87.2 Å². The maximum Gasteiger partial charge on any atom is 0.326 e. The summed E-state index contributed by atoms with van der Waals surface area (Å²) in [7, 11) is 0. The van der Waals surface area contributed by atoms with Gasteiger partial charge in [-0.15, -0.1) is 0 Å². The molecule has 15 heteroatoms. The second-order valence-electron chi connectivity index (χ2n) is 7.13. The Hall–Kier alpha value is -3.30. The zero-order valence-electron chi connectivity index (χ0n) is 17.6. The van der Waals surface area contributed by atoms with E-state index in [9.17, 15) is 44.1 Å². The molecule has 0 aromatic rings. The van der Waals surface area contributed by atoms with Gasteiger partial charge in [0.05, 0.1) is 18.6 Å². The molecule has 0 rings (SSSR count). The summed E-state index contributed by atoms with van der Waals surface area (Å²) in [6.45, 7) is 2.37. The van der Waals surface area contributed by atoms with Gasteiger partial charge in [0.1, 0.15) is 24.2 Å². The third-order valence-corrected chi connectivity index (χ3v) is 4.22. The molecule has 0 aromatic heterocycles. The molecule has 0 aliphatic heterocycles. The summed E-state index contributed by atoms with van der Waals surface area (Å²) in [5, 5.41) is 34.6. The van der Waals surface area contributed by atoms with Crippen molar-refractivity contribution in [2.75, 3.05) is 0 Å². The van der Waals surface area contributed by atoms with E-state index < -0.39 is 78.3 Å². The fourth-order valence-electron chi connectivity index (χ4n) is 2.36. The molecule has 0 heterocycles. The van der Waals surface area contributed by atoms with Crippen LogP contribution in [-0.2, 0) is 28.8 Å². The highest BCUT2D eigenvalue weighted by atomic mass is 16.4. The van der Waals surface area contributed by atoms with Gasteiger partial charge in [-0.25, -0.2) is 4.79 Å². The lowest BCUT2D eigenvalue weighted by molar-refractivity contribution is -0.143. The predicted molar refractivity (Wildman–Crippen MR) is 107 cm³/mol. The van der Waals surface area contributed by atoms with Crippen molar-refractivity contribution in [1.82, 2.24) is 16.0 Å². The number of carbonyl (C=O) groups excluding carboxylic acids is 5. The molecule has 182 valence electrons. The number of hydrogen-bond acceptors (Lipinski definition) is 9. The van der Waals surface area contributed by atoms with Gasteiger partial charge in [0.25, 0.3) is 0 Å². The Morgan fingerprint density at radius 2 is 1.31 bits per heavy atom. The topological polar surface area (TPSA) is 277 Å². The molecule has 15 nitrogen and oxygen atoms in total. The van der Waals surface area contributed by atoms with Crippen LogP contribution in [0.5, 0.6) is 0 Å². The van der Waals surface area contributed by atoms with E-state index in [2.05, 4.69) is 16.0 Å². The van der Waals surface area contributed by atoms with E-state index >= 15 is 0 Å². The number of nitrogens with one attached hydrogen (secondary N) is 3. The summed E-state index contributed by atoms with van der Waals surface area (Å²) in [5.74, 6) is -6.54. The number of primary amides is 2. The maximum absolute atomic E-state index is 12.5. The second-order valence-corrected chi connectivity index (χ2v) is 7.13. The van der Waals surface area contributed by atoms with Crippen LogP contribution in [0.15, 0.2) is 0 Å². The van der Waals surface area contributed by atoms with Gasteiger partial charge in [-0.3, -0.25) is 24.0 Å². The number of hydrogen-bond donors (Lipinski definition) is 9. The molecular formula is C17H30N6O9. The Kier molecular flexibility index (Phi) is 11.8. The highest BCUT2D eigenvalue weighted by molar-refractivity contribution is 5.96. The summed E-state index contributed by atoms with van der Waals surface area (Å²) >= 11 is 0. The Balaban J connectivity index is 5.47. The van der Waals surface area contributed by atoms with E-state index in [4.69, 9.17) is 17.2 Å². The van der Waals surface area contributed by atoms with E-state index in [0.29, 0.717) is 0 Å². The first-order chi connectivity index (χ1) is 14.7. The zero-order valence-corrected chi connectivity index (χ0v) is 17.6. The molecule has 0 radical (unpaired) electrons. The number of carbonyl (C=O) groups is 6. The molecule has 6 atom stereocenters. The van der Waals surface area contributed by atoms with Gasteiger partial charge in [0.15, 0.2) is 0 Å². The number of carboxylic acid groups (broad SMARTS) is 1. The molecule has 32 heavy (non-hydrogen) atoms. The lowest BCUT2D eigenvalue weighted by Crippen LogP contribution is -2.61. The normalized spacial score (nSPS) is 16.4. The van der Waals surface area contributed by atoms with E-state index in [1.165, 1.54) is 6.92 Å². The highest BCUT2D eigenvalue weighted by Crippen LogP contribution is 2.03. The van der Waals surface area contributed by atoms with Crippen molar-refractivity contribution < 1.29 is 44.1 Å². The Morgan fingerprint density at radius 1 is 0.781 bits per heavy atom. The van der Waals surface area contributed by atoms with Gasteiger partial charge in [0.2, 0.25) is 29.5 Å². The lowest BCUT2D eigenvalue weighted by atomic mass is 10.1. The van der Waals surface area contributed by atoms with Crippen LogP contribution in [0.4, 0.5) is 0 Å². The first-order valence-corrected chi connectivity index (χ1v) is 9.49. The average Bonchev–Trinajstić information content (AvgIpc) is 2.66. The van der Waals surface area contributed by atoms with Crippen LogP contribution in [0.3, 0.4) is 0 Å². The molecular weight excluding hydrogens is 432 g/mol. The fraction of sp³-hybridized carbons (Fsp3) is 0.647. The van der Waals surface area contributed by atoms with Crippen molar-refractivity contribution in [1.29, 1.82) is 0 Å². The maximum atomic E-state index is 12.5. The highest BCUT2D eigenvalue weighted by Gasteiger charge is 2.33. The second kappa shape index (κ2) is 13.2. The van der Waals surface area contributed by atoms with Gasteiger partial charge in [0, 0.05) is 6.42 Å². The number of carboxylic acids is 1. The van der Waals surface area contributed by atoms with Crippen molar-refractivity contribution in [2.24, 2.45) is 17.2 Å². The van der Waals surface area contributed by atoms with Crippen LogP contribution in [0.1, 0.15) is 33.1 Å². The molecule has 0 aromatic carbocycles. The number of aliphatic carboxylic acids is 1. The lowest BCUT2D eigenvalue weighted by Gasteiger charge is -2.26. The number of aliphatic hydroxyl groups is 2. The summed E-state index contributed by atoms with van der Waals surface area (Å²) in [4.78, 5) is 70.5. The van der Waals surface area contributed by atoms with Crippen molar-refractivity contribution in [3.8, 4) is 0 Å². The number of amides is 5. The van der Waals surface area contributed by atoms with E-state index in [-0.39, 0.29) is 12.8 Å². The van der Waals surface area contributed by atoms with Crippen LogP contribution in [0, 0.1) is 0 Å². The summed E-state index contributed by atoms with van der Waals surface area (Å²) in [5.41, 5.74) is 15.5. The Labute approximate surface area is 183 Å². The number of rotatable bonds is 14. The monoisotopic (exact) mass is 462 g/mol. The number of nitrogens with two attached hydrogens (primary N) is 3. The van der Waals surface area contributed by atoms with Crippen LogP contribution in [0.2, 0.25) is 0 Å². The largest absolute Gasteiger partial charge is 0.480 e. The molecule has 0 saturated heterocycles. The molecule has 0 aliphatic rings. The fourth-order valence-corrected chi connectivity index (χ4v) is 2.36. The molecule has 5 amide bonds. The van der Waals surface area contributed by atoms with Gasteiger partial charge in [-0.1, -0.05) is 0 Å². The smallest absolute Gasteiger partial charge is 0.326 e. The SMILES string of the molecule is CC(O)C(N)C(=O)NC(C(=O)NC(CC(N)=O)C(=O)NC(CCC(N)=O)C(=O)O)C(C)O. The quantitative estimate of drug-likeness (QED) is 0.118. The summed E-state index contributed by atoms with van der Waals surface area (Å²) < 4.78 is 0. The average molecular weight is 462 g/mol. The third kappa shape index (κ3) is 10.1. The van der Waals surface area contributed by atoms with Crippen LogP contribution in [0.25, 0.3) is 0 Å². The summed E-state index contributed by atoms with van der Waals surface area (Å²) in [6, 6.07) is -6.28. The van der Waals surface area contributed by atoms with Crippen LogP contribution >= 0.6 is 0 Å². The van der Waals surface area contributed by atoms with Gasteiger partial charge in [-0.2, -0.15) is 0 Å². The van der Waals surface area contributed by atoms with Gasteiger partial charge in [-0.05, 0) is 20.3 Å². The molecule has 0 fully saturated rings. The molecule has 6 unspecified atom stereocenters. The minimum absolute atomic E-state index is 0.350. The molecule has 0 saturated carbocycles. The van der Waals surface area contributed by atoms with Crippen molar-refractivity contribution in [3.63, 3.8) is 0 Å². The van der Waals surface area contributed by atoms with Gasteiger partial charge >= 0.3 is 5.97 Å². The molecule has 0 aliphatic carbocycles. The third-order valence-electron chi connectivity index (χ3n) is 4.22. The Morgan fingerprint density at radius 3 is 1.72 bits per heavy atom. The Bertz CT molecular complexity index is 727. The first-order valence-electron chi connectivity index (χ1n) is 9.49. The number of aliphatic hydroxyl groups excluding tert-OH is 2. The molecule has 0 spiro atoms. The van der Waals surface area contributed by atoms with Crippen molar-refractivity contribution >= 4 is 35.5 Å². The van der Waals surface area contributed by atoms with Crippen molar-refractivity contribution in [3.05, 3.63) is 0 Å². The van der Waals surface area contributed by atoms with Crippen molar-refractivity contribution in [2.45, 2.75) is 69.5 Å². The van der Waals surface area contributed by atoms with Gasteiger partial charge < -0.3 is 48.5 Å². The van der Waals surface area contributed by atoms with E-state index in [0.717, 1.165) is 6.92 Å².